The number of allylic oxidation sites excluding steroid dienone is 1. The highest BCUT2D eigenvalue weighted by Gasteiger charge is 2.15. The molecule has 0 spiro atoms. The summed E-state index contributed by atoms with van der Waals surface area (Å²) in [6, 6.07) is 2.43. The number of rotatable bonds is 6. The number of hydrogen-bond acceptors (Lipinski definition) is 3. The minimum Gasteiger partial charge on any atom is -0.495 e. The zero-order chi connectivity index (χ0) is 13.5. The quantitative estimate of drug-likeness (QED) is 0.793. The van der Waals surface area contributed by atoms with Crippen LogP contribution < -0.4 is 10.1 Å². The molecule has 1 N–H and O–H groups in total. The van der Waals surface area contributed by atoms with Crippen LogP contribution in [0.1, 0.15) is 50.6 Å². The van der Waals surface area contributed by atoms with Crippen molar-refractivity contribution in [3.63, 3.8) is 0 Å². The summed E-state index contributed by atoms with van der Waals surface area (Å²) in [5.74, 6) is 0.832. The molecule has 1 atom stereocenters. The molecular formula is C16H24N2O. The lowest BCUT2D eigenvalue weighted by Crippen LogP contribution is -2.22. The second-order valence-corrected chi connectivity index (χ2v) is 5.08. The van der Waals surface area contributed by atoms with Crippen molar-refractivity contribution in [2.45, 2.75) is 45.1 Å². The van der Waals surface area contributed by atoms with E-state index >= 15 is 0 Å². The molecule has 1 aliphatic carbocycles. The molecule has 0 fully saturated rings. The van der Waals surface area contributed by atoms with Gasteiger partial charge in [0.15, 0.2) is 0 Å². The van der Waals surface area contributed by atoms with Crippen molar-refractivity contribution in [3.05, 3.63) is 35.7 Å². The van der Waals surface area contributed by atoms with Crippen LogP contribution in [0.5, 0.6) is 5.75 Å². The number of hydrogen-bond donors (Lipinski definition) is 1. The summed E-state index contributed by atoms with van der Waals surface area (Å²) < 4.78 is 5.27. The maximum absolute atomic E-state index is 5.27. The molecule has 1 aliphatic rings. The molecule has 104 valence electrons. The van der Waals surface area contributed by atoms with Gasteiger partial charge in [-0.15, -0.1) is 0 Å². The maximum Gasteiger partial charge on any atom is 0.137 e. The molecule has 0 aromatic carbocycles. The number of ether oxygens (including phenoxy) is 1. The van der Waals surface area contributed by atoms with Crippen molar-refractivity contribution >= 4 is 0 Å². The first kappa shape index (κ1) is 14.1. The van der Waals surface area contributed by atoms with Crippen LogP contribution in [0.3, 0.4) is 0 Å². The van der Waals surface area contributed by atoms with E-state index in [-0.39, 0.29) is 0 Å². The summed E-state index contributed by atoms with van der Waals surface area (Å²) in [5.41, 5.74) is 2.80. The maximum atomic E-state index is 5.27. The van der Waals surface area contributed by atoms with Gasteiger partial charge in [-0.1, -0.05) is 18.6 Å². The second-order valence-electron chi connectivity index (χ2n) is 5.08. The fraction of sp³-hybridized carbons (Fsp3) is 0.562. The Morgan fingerprint density at radius 1 is 1.37 bits per heavy atom. The minimum atomic E-state index is 0.344. The van der Waals surface area contributed by atoms with Gasteiger partial charge in [0.1, 0.15) is 5.75 Å². The first-order valence-electron chi connectivity index (χ1n) is 7.23. The van der Waals surface area contributed by atoms with Crippen LogP contribution in [-0.2, 0) is 0 Å². The monoisotopic (exact) mass is 260 g/mol. The van der Waals surface area contributed by atoms with Gasteiger partial charge in [-0.25, -0.2) is 0 Å². The van der Waals surface area contributed by atoms with Crippen LogP contribution >= 0.6 is 0 Å². The molecule has 1 aromatic rings. The fourth-order valence-electron chi connectivity index (χ4n) is 2.64. The van der Waals surface area contributed by atoms with Crippen LogP contribution in [0.15, 0.2) is 30.1 Å². The van der Waals surface area contributed by atoms with Gasteiger partial charge >= 0.3 is 0 Å². The lowest BCUT2D eigenvalue weighted by atomic mass is 9.92. The predicted molar refractivity (Wildman–Crippen MR) is 78.4 cm³/mol. The van der Waals surface area contributed by atoms with Gasteiger partial charge in [-0.3, -0.25) is 4.98 Å². The van der Waals surface area contributed by atoms with E-state index in [1.165, 1.54) is 31.2 Å². The highest BCUT2D eigenvalue weighted by Crippen LogP contribution is 2.28. The van der Waals surface area contributed by atoms with Crippen LogP contribution in [0.4, 0.5) is 0 Å². The largest absolute Gasteiger partial charge is 0.495 e. The van der Waals surface area contributed by atoms with Gasteiger partial charge in [0.25, 0.3) is 0 Å². The zero-order valence-corrected chi connectivity index (χ0v) is 12.0. The SMILES string of the molecule is CCNC(CC1=CCCCC1)c1cncc(OC)c1. The molecule has 0 aliphatic heterocycles. The van der Waals surface area contributed by atoms with E-state index in [0.29, 0.717) is 6.04 Å². The molecule has 3 heteroatoms. The highest BCUT2D eigenvalue weighted by molar-refractivity contribution is 5.27. The highest BCUT2D eigenvalue weighted by atomic mass is 16.5. The van der Waals surface area contributed by atoms with Crippen molar-refractivity contribution in [1.29, 1.82) is 0 Å². The third-order valence-corrected chi connectivity index (χ3v) is 3.67. The Kier molecular flexibility index (Phi) is 5.40. The topological polar surface area (TPSA) is 34.2 Å². The zero-order valence-electron chi connectivity index (χ0n) is 12.0. The van der Waals surface area contributed by atoms with E-state index in [0.717, 1.165) is 18.7 Å². The molecule has 1 unspecified atom stereocenters. The second kappa shape index (κ2) is 7.29. The van der Waals surface area contributed by atoms with Crippen LogP contribution in [0.2, 0.25) is 0 Å². The summed E-state index contributed by atoms with van der Waals surface area (Å²) in [4.78, 5) is 4.27. The van der Waals surface area contributed by atoms with E-state index in [4.69, 9.17) is 4.74 Å². The van der Waals surface area contributed by atoms with E-state index < -0.39 is 0 Å². The van der Waals surface area contributed by atoms with E-state index in [1.54, 1.807) is 18.9 Å². The molecule has 0 saturated heterocycles. The van der Waals surface area contributed by atoms with E-state index in [2.05, 4.69) is 29.4 Å². The number of nitrogens with one attached hydrogen (secondary N) is 1. The summed E-state index contributed by atoms with van der Waals surface area (Å²) in [6.07, 6.45) is 12.4. The molecule has 19 heavy (non-hydrogen) atoms. The average molecular weight is 260 g/mol. The Hall–Kier alpha value is -1.35. The molecule has 1 heterocycles. The molecule has 0 radical (unpaired) electrons. The molecule has 0 bridgehead atoms. The standard InChI is InChI=1S/C16H24N2O/c1-3-18-16(9-13-7-5-4-6-8-13)14-10-15(19-2)12-17-11-14/h7,10-12,16,18H,3-6,8-9H2,1-2H3. The number of nitrogens with zero attached hydrogens (tertiary/aromatic N) is 1. The van der Waals surface area contributed by atoms with Gasteiger partial charge in [-0.2, -0.15) is 0 Å². The lowest BCUT2D eigenvalue weighted by molar-refractivity contribution is 0.410. The summed E-state index contributed by atoms with van der Waals surface area (Å²) >= 11 is 0. The fourth-order valence-corrected chi connectivity index (χ4v) is 2.64. The Morgan fingerprint density at radius 2 is 2.26 bits per heavy atom. The molecular weight excluding hydrogens is 236 g/mol. The van der Waals surface area contributed by atoms with Crippen molar-refractivity contribution in [3.8, 4) is 5.75 Å². The van der Waals surface area contributed by atoms with Crippen molar-refractivity contribution in [1.82, 2.24) is 10.3 Å². The van der Waals surface area contributed by atoms with Crippen molar-refractivity contribution in [2.24, 2.45) is 0 Å². The van der Waals surface area contributed by atoms with Gasteiger partial charge < -0.3 is 10.1 Å². The lowest BCUT2D eigenvalue weighted by Gasteiger charge is -2.22. The average Bonchev–Trinajstić information content (AvgIpc) is 2.48. The molecule has 3 nitrogen and oxygen atoms in total. The third-order valence-electron chi connectivity index (χ3n) is 3.67. The van der Waals surface area contributed by atoms with Gasteiger partial charge in [0, 0.05) is 12.2 Å². The minimum absolute atomic E-state index is 0.344. The van der Waals surface area contributed by atoms with Gasteiger partial charge in [0.05, 0.1) is 13.3 Å². The van der Waals surface area contributed by atoms with Crippen LogP contribution in [0.25, 0.3) is 0 Å². The molecule has 2 rings (SSSR count). The molecule has 0 saturated carbocycles. The summed E-state index contributed by atoms with van der Waals surface area (Å²) in [7, 11) is 1.69. The Bertz CT molecular complexity index is 429. The number of pyridine rings is 1. The van der Waals surface area contributed by atoms with E-state index in [9.17, 15) is 0 Å². The van der Waals surface area contributed by atoms with Crippen LogP contribution in [-0.4, -0.2) is 18.6 Å². The normalized spacial score (nSPS) is 16.8. The molecule has 0 amide bonds. The van der Waals surface area contributed by atoms with Crippen LogP contribution in [0, 0.1) is 0 Å². The van der Waals surface area contributed by atoms with E-state index in [1.807, 2.05) is 6.20 Å². The Labute approximate surface area is 116 Å². The van der Waals surface area contributed by atoms with Crippen molar-refractivity contribution < 1.29 is 4.74 Å². The first-order valence-corrected chi connectivity index (χ1v) is 7.23. The predicted octanol–water partition coefficient (Wildman–Crippen LogP) is 3.63. The van der Waals surface area contributed by atoms with Gasteiger partial charge in [-0.05, 0) is 50.3 Å². The Balaban J connectivity index is 2.11. The number of methoxy groups -OCH3 is 1. The smallest absolute Gasteiger partial charge is 0.137 e. The summed E-state index contributed by atoms with van der Waals surface area (Å²) in [6.45, 7) is 3.12. The first-order chi connectivity index (χ1) is 9.33. The Morgan fingerprint density at radius 3 is 2.95 bits per heavy atom. The number of aromatic nitrogens is 1. The molecule has 1 aromatic heterocycles. The summed E-state index contributed by atoms with van der Waals surface area (Å²) in [5, 5.41) is 3.56. The third kappa shape index (κ3) is 4.06. The van der Waals surface area contributed by atoms with Gasteiger partial charge in [0.2, 0.25) is 0 Å². The van der Waals surface area contributed by atoms with Crippen molar-refractivity contribution in [2.75, 3.05) is 13.7 Å².